The van der Waals surface area contributed by atoms with Crippen LogP contribution in [0.3, 0.4) is 0 Å². The summed E-state index contributed by atoms with van der Waals surface area (Å²) in [5.41, 5.74) is 3.70. The average molecular weight is 444 g/mol. The minimum atomic E-state index is -1.03. The summed E-state index contributed by atoms with van der Waals surface area (Å²) in [4.78, 5) is 0. The lowest BCUT2D eigenvalue weighted by molar-refractivity contribution is -0.0513. The third-order valence-electron chi connectivity index (χ3n) is 4.59. The number of rotatable bonds is 0. The lowest BCUT2D eigenvalue weighted by atomic mass is 9.90. The first-order valence-corrected chi connectivity index (χ1v) is 10.5. The van der Waals surface area contributed by atoms with Crippen molar-refractivity contribution < 1.29 is 9.47 Å². The Hall–Kier alpha value is -0.970. The van der Waals surface area contributed by atoms with Crippen molar-refractivity contribution in [2.24, 2.45) is 0 Å². The van der Waals surface area contributed by atoms with Crippen LogP contribution in [-0.4, -0.2) is 17.3 Å². The molecule has 2 aromatic carbocycles. The van der Waals surface area contributed by atoms with E-state index in [0.29, 0.717) is 31.6 Å². The van der Waals surface area contributed by atoms with Crippen molar-refractivity contribution in [2.75, 3.05) is 11.5 Å². The van der Waals surface area contributed by atoms with Gasteiger partial charge in [0.2, 0.25) is 0 Å². The van der Waals surface area contributed by atoms with E-state index in [9.17, 15) is 0 Å². The molecular formula is C19H10Cl4O2S. The predicted molar refractivity (Wildman–Crippen MR) is 110 cm³/mol. The van der Waals surface area contributed by atoms with Crippen LogP contribution in [-0.2, 0) is 0 Å². The summed E-state index contributed by atoms with van der Waals surface area (Å²) in [6, 6.07) is 7.02. The molecule has 3 aliphatic heterocycles. The van der Waals surface area contributed by atoms with E-state index in [1.807, 2.05) is 24.3 Å². The van der Waals surface area contributed by atoms with Crippen LogP contribution in [0, 0.1) is 0 Å². The summed E-state index contributed by atoms with van der Waals surface area (Å²) in [5.74, 6) is 1.65. The fourth-order valence-electron chi connectivity index (χ4n) is 3.48. The summed E-state index contributed by atoms with van der Waals surface area (Å²) in [6.45, 7) is 0. The minimum absolute atomic E-state index is 0.450. The van der Waals surface area contributed by atoms with Gasteiger partial charge in [0, 0.05) is 43.8 Å². The SMILES string of the molecule is Clc1cc(Cl)c2c(c1)C=C1CSCC3=Cc4cc(Cl)cc(Cl)c4OC13O2. The highest BCUT2D eigenvalue weighted by Crippen LogP contribution is 2.53. The Morgan fingerprint density at radius 3 is 1.65 bits per heavy atom. The number of benzene rings is 2. The summed E-state index contributed by atoms with van der Waals surface area (Å²) in [6.07, 6.45) is 4.09. The quantitative estimate of drug-likeness (QED) is 0.436. The second-order valence-electron chi connectivity index (χ2n) is 6.26. The van der Waals surface area contributed by atoms with Crippen molar-refractivity contribution in [2.45, 2.75) is 5.79 Å². The van der Waals surface area contributed by atoms with E-state index in [1.54, 1.807) is 23.9 Å². The van der Waals surface area contributed by atoms with E-state index in [-0.39, 0.29) is 0 Å². The summed E-state index contributed by atoms with van der Waals surface area (Å²) >= 11 is 26.9. The first kappa shape index (κ1) is 17.2. The molecule has 0 saturated carbocycles. The van der Waals surface area contributed by atoms with Gasteiger partial charge in [-0.1, -0.05) is 46.4 Å². The van der Waals surface area contributed by atoms with Crippen molar-refractivity contribution in [3.63, 3.8) is 0 Å². The molecule has 2 aromatic rings. The number of thioether (sulfide) groups is 1. The second-order valence-corrected chi connectivity index (χ2v) is 8.94. The Kier molecular flexibility index (Phi) is 3.97. The molecule has 3 aliphatic rings. The lowest BCUT2D eigenvalue weighted by Crippen LogP contribution is -2.52. The highest BCUT2D eigenvalue weighted by molar-refractivity contribution is 7.99. The molecule has 0 amide bonds. The third kappa shape index (κ3) is 2.49. The van der Waals surface area contributed by atoms with Gasteiger partial charge in [0.25, 0.3) is 5.79 Å². The molecule has 1 saturated heterocycles. The number of ether oxygens (including phenoxy) is 2. The van der Waals surface area contributed by atoms with E-state index in [1.165, 1.54) is 0 Å². The zero-order chi connectivity index (χ0) is 18.1. The van der Waals surface area contributed by atoms with Crippen LogP contribution in [0.2, 0.25) is 20.1 Å². The maximum Gasteiger partial charge on any atom is 0.299 e. The monoisotopic (exact) mass is 442 g/mol. The molecule has 3 heterocycles. The van der Waals surface area contributed by atoms with Crippen molar-refractivity contribution >= 4 is 70.3 Å². The Labute approximate surface area is 174 Å². The van der Waals surface area contributed by atoms with Gasteiger partial charge >= 0.3 is 0 Å². The summed E-state index contributed by atoms with van der Waals surface area (Å²) in [7, 11) is 0. The molecule has 1 spiro atoms. The zero-order valence-electron chi connectivity index (χ0n) is 13.1. The van der Waals surface area contributed by atoms with Crippen molar-refractivity contribution in [1.29, 1.82) is 0 Å². The Balaban J connectivity index is 1.73. The molecule has 0 atom stereocenters. The fourth-order valence-corrected chi connectivity index (χ4v) is 5.66. The second kappa shape index (κ2) is 6.02. The molecule has 7 heteroatoms. The minimum Gasteiger partial charge on any atom is -0.443 e. The predicted octanol–water partition coefficient (Wildman–Crippen LogP) is 7.00. The molecule has 1 fully saturated rings. The molecule has 132 valence electrons. The summed E-state index contributed by atoms with van der Waals surface area (Å²) in [5, 5.41) is 2.03. The highest BCUT2D eigenvalue weighted by atomic mass is 35.5. The van der Waals surface area contributed by atoms with Gasteiger partial charge in [-0.05, 0) is 36.4 Å². The van der Waals surface area contributed by atoms with Crippen LogP contribution in [0.15, 0.2) is 35.4 Å². The third-order valence-corrected chi connectivity index (χ3v) is 6.61. The van der Waals surface area contributed by atoms with Gasteiger partial charge < -0.3 is 9.47 Å². The van der Waals surface area contributed by atoms with Gasteiger partial charge in [0.1, 0.15) is 0 Å². The molecule has 0 bridgehead atoms. The Bertz CT molecular complexity index is 947. The largest absolute Gasteiger partial charge is 0.443 e. The van der Waals surface area contributed by atoms with E-state index in [0.717, 1.165) is 33.8 Å². The molecule has 0 unspecified atom stereocenters. The van der Waals surface area contributed by atoms with E-state index >= 15 is 0 Å². The molecule has 26 heavy (non-hydrogen) atoms. The first-order valence-electron chi connectivity index (χ1n) is 7.82. The van der Waals surface area contributed by atoms with Gasteiger partial charge in [-0.15, -0.1) is 0 Å². The number of halogens is 4. The Morgan fingerprint density at radius 2 is 1.19 bits per heavy atom. The molecule has 5 rings (SSSR count). The zero-order valence-corrected chi connectivity index (χ0v) is 17.0. The van der Waals surface area contributed by atoms with Crippen LogP contribution in [0.4, 0.5) is 0 Å². The van der Waals surface area contributed by atoms with Crippen molar-refractivity contribution in [3.8, 4) is 11.5 Å². The number of hydrogen-bond donors (Lipinski definition) is 0. The lowest BCUT2D eigenvalue weighted by Gasteiger charge is -2.45. The molecule has 0 aromatic heterocycles. The highest BCUT2D eigenvalue weighted by Gasteiger charge is 2.51. The van der Waals surface area contributed by atoms with Gasteiger partial charge in [-0.3, -0.25) is 0 Å². The van der Waals surface area contributed by atoms with Crippen LogP contribution >= 0.6 is 58.2 Å². The van der Waals surface area contributed by atoms with Crippen molar-refractivity contribution in [3.05, 3.63) is 66.6 Å². The Morgan fingerprint density at radius 1 is 0.731 bits per heavy atom. The van der Waals surface area contributed by atoms with Gasteiger partial charge in [-0.2, -0.15) is 11.8 Å². The topological polar surface area (TPSA) is 18.5 Å². The fraction of sp³-hybridized carbons (Fsp3) is 0.158. The standard InChI is InChI=1S/C19H10Cl4O2S/c20-13-3-9-1-11-7-26-8-12-2-10-4-14(21)6-16(23)18(10)25-19(11,12)24-17(9)15(22)5-13/h1-6H,7-8H2. The van der Waals surface area contributed by atoms with Crippen LogP contribution < -0.4 is 9.47 Å². The number of hydrogen-bond acceptors (Lipinski definition) is 3. The maximum atomic E-state index is 6.40. The van der Waals surface area contributed by atoms with Crippen molar-refractivity contribution in [1.82, 2.24) is 0 Å². The molecular weight excluding hydrogens is 434 g/mol. The molecule has 0 radical (unpaired) electrons. The molecule has 0 aliphatic carbocycles. The van der Waals surface area contributed by atoms with Crippen LogP contribution in [0.5, 0.6) is 11.5 Å². The van der Waals surface area contributed by atoms with Gasteiger partial charge in [0.15, 0.2) is 11.5 Å². The average Bonchev–Trinajstić information content (AvgIpc) is 2.58. The van der Waals surface area contributed by atoms with Crippen LogP contribution in [0.1, 0.15) is 11.1 Å². The van der Waals surface area contributed by atoms with E-state index in [2.05, 4.69) is 0 Å². The molecule has 2 nitrogen and oxygen atoms in total. The molecule has 0 N–H and O–H groups in total. The van der Waals surface area contributed by atoms with E-state index < -0.39 is 5.79 Å². The van der Waals surface area contributed by atoms with Gasteiger partial charge in [0.05, 0.1) is 10.0 Å². The van der Waals surface area contributed by atoms with Gasteiger partial charge in [-0.25, -0.2) is 0 Å². The first-order chi connectivity index (χ1) is 12.5. The van der Waals surface area contributed by atoms with Crippen LogP contribution in [0.25, 0.3) is 12.2 Å². The maximum absolute atomic E-state index is 6.40. The number of fused-ring (bicyclic) bond motifs is 2. The smallest absolute Gasteiger partial charge is 0.299 e. The summed E-state index contributed by atoms with van der Waals surface area (Å²) < 4.78 is 12.8. The normalized spacial score (nSPS) is 18.9. The van der Waals surface area contributed by atoms with E-state index in [4.69, 9.17) is 55.9 Å².